The maximum absolute atomic E-state index is 10.3. The average molecular weight is 135 g/mol. The van der Waals surface area contributed by atoms with Crippen LogP contribution in [0.3, 0.4) is 0 Å². The highest BCUT2D eigenvalue weighted by Gasteiger charge is 2.10. The highest BCUT2D eigenvalue weighted by molar-refractivity contribution is 6.12. The van der Waals surface area contributed by atoms with Crippen LogP contribution >= 0.6 is 0 Å². The summed E-state index contributed by atoms with van der Waals surface area (Å²) in [6, 6.07) is 0. The average Bonchev–Trinajstić information content (AvgIpc) is 2.30. The van der Waals surface area contributed by atoms with Gasteiger partial charge in [0.2, 0.25) is 0 Å². The number of rotatable bonds is 2. The number of aldehydes is 1. The molecule has 0 bridgehead atoms. The Morgan fingerprint density at radius 3 is 2.70 bits per heavy atom. The fourth-order valence-electron chi connectivity index (χ4n) is 0.915. The van der Waals surface area contributed by atoms with Gasteiger partial charge in [0, 0.05) is 5.57 Å². The van der Waals surface area contributed by atoms with Gasteiger partial charge in [-0.05, 0) is 18.6 Å². The van der Waals surface area contributed by atoms with Crippen LogP contribution in [-0.2, 0) is 4.79 Å². The number of carbonyl (C=O) groups is 1. The summed E-state index contributed by atoms with van der Waals surface area (Å²) >= 11 is 0. The molecule has 1 aliphatic heterocycles. The van der Waals surface area contributed by atoms with Crippen molar-refractivity contribution in [2.24, 2.45) is 4.99 Å². The first-order valence-corrected chi connectivity index (χ1v) is 3.11. The van der Waals surface area contributed by atoms with Crippen molar-refractivity contribution in [3.05, 3.63) is 23.8 Å². The molecule has 0 radical (unpaired) electrons. The molecule has 1 heterocycles. The standard InChI is InChI=1S/C8H9NO/c1-3-8-6(2)7(5-10)4-9-8/h3,5H,1,4H2,2H3. The first-order chi connectivity index (χ1) is 4.79. The van der Waals surface area contributed by atoms with Gasteiger partial charge in [-0.15, -0.1) is 0 Å². The van der Waals surface area contributed by atoms with Gasteiger partial charge >= 0.3 is 0 Å². The van der Waals surface area contributed by atoms with E-state index in [0.717, 1.165) is 23.1 Å². The summed E-state index contributed by atoms with van der Waals surface area (Å²) in [5.41, 5.74) is 2.59. The topological polar surface area (TPSA) is 29.4 Å². The van der Waals surface area contributed by atoms with E-state index in [1.54, 1.807) is 6.08 Å². The minimum Gasteiger partial charge on any atom is -0.298 e. The van der Waals surface area contributed by atoms with Crippen LogP contribution in [0.4, 0.5) is 0 Å². The van der Waals surface area contributed by atoms with Crippen molar-refractivity contribution in [3.8, 4) is 0 Å². The zero-order valence-corrected chi connectivity index (χ0v) is 5.92. The van der Waals surface area contributed by atoms with Crippen LogP contribution in [0.2, 0.25) is 0 Å². The highest BCUT2D eigenvalue weighted by Crippen LogP contribution is 2.12. The number of hydrogen-bond donors (Lipinski definition) is 0. The van der Waals surface area contributed by atoms with E-state index in [-0.39, 0.29) is 0 Å². The molecule has 0 aliphatic carbocycles. The lowest BCUT2D eigenvalue weighted by molar-refractivity contribution is -0.104. The Hall–Kier alpha value is -1.18. The Morgan fingerprint density at radius 1 is 1.70 bits per heavy atom. The molecule has 52 valence electrons. The Balaban J connectivity index is 2.95. The van der Waals surface area contributed by atoms with Crippen LogP contribution in [0.1, 0.15) is 6.92 Å². The Kier molecular flexibility index (Phi) is 1.81. The molecule has 1 aliphatic rings. The van der Waals surface area contributed by atoms with Gasteiger partial charge in [-0.25, -0.2) is 0 Å². The monoisotopic (exact) mass is 135 g/mol. The minimum absolute atomic E-state index is 0.524. The summed E-state index contributed by atoms with van der Waals surface area (Å²) in [5.74, 6) is 0. The van der Waals surface area contributed by atoms with Crippen LogP contribution in [-0.4, -0.2) is 18.5 Å². The second kappa shape index (κ2) is 2.60. The maximum atomic E-state index is 10.3. The van der Waals surface area contributed by atoms with Crippen molar-refractivity contribution in [3.63, 3.8) is 0 Å². The first-order valence-electron chi connectivity index (χ1n) is 3.11. The SMILES string of the molecule is C=CC1=NCC(C=O)=C1C. The highest BCUT2D eigenvalue weighted by atomic mass is 16.1. The van der Waals surface area contributed by atoms with Crippen molar-refractivity contribution in [2.45, 2.75) is 6.92 Å². The van der Waals surface area contributed by atoms with Gasteiger partial charge in [-0.3, -0.25) is 9.79 Å². The predicted octanol–water partition coefficient (Wildman–Crippen LogP) is 1.14. The van der Waals surface area contributed by atoms with Crippen molar-refractivity contribution in [1.29, 1.82) is 0 Å². The van der Waals surface area contributed by atoms with Gasteiger partial charge in [-0.1, -0.05) is 6.58 Å². The van der Waals surface area contributed by atoms with Crippen molar-refractivity contribution in [1.82, 2.24) is 0 Å². The number of carbonyl (C=O) groups excluding carboxylic acids is 1. The minimum atomic E-state index is 0.524. The van der Waals surface area contributed by atoms with E-state index in [4.69, 9.17) is 0 Å². The van der Waals surface area contributed by atoms with Gasteiger partial charge in [0.15, 0.2) is 0 Å². The quantitative estimate of drug-likeness (QED) is 0.522. The molecule has 1 rings (SSSR count). The lowest BCUT2D eigenvalue weighted by Gasteiger charge is -1.91. The van der Waals surface area contributed by atoms with Crippen molar-refractivity contribution in [2.75, 3.05) is 6.54 Å². The van der Waals surface area contributed by atoms with E-state index in [1.165, 1.54) is 0 Å². The van der Waals surface area contributed by atoms with E-state index in [9.17, 15) is 4.79 Å². The predicted molar refractivity (Wildman–Crippen MR) is 41.3 cm³/mol. The largest absolute Gasteiger partial charge is 0.298 e. The number of nitrogens with zero attached hydrogens (tertiary/aromatic N) is 1. The van der Waals surface area contributed by atoms with E-state index < -0.39 is 0 Å². The lowest BCUT2D eigenvalue weighted by atomic mass is 10.1. The molecule has 2 heteroatoms. The van der Waals surface area contributed by atoms with Gasteiger partial charge in [0.05, 0.1) is 12.3 Å². The van der Waals surface area contributed by atoms with Crippen LogP contribution in [0.25, 0.3) is 0 Å². The molecular formula is C8H9NO. The third-order valence-electron chi connectivity index (χ3n) is 1.62. The molecule has 0 aromatic carbocycles. The van der Waals surface area contributed by atoms with Crippen LogP contribution in [0, 0.1) is 0 Å². The van der Waals surface area contributed by atoms with Crippen LogP contribution in [0.5, 0.6) is 0 Å². The van der Waals surface area contributed by atoms with Gasteiger partial charge in [-0.2, -0.15) is 0 Å². The molecule has 0 unspecified atom stereocenters. The van der Waals surface area contributed by atoms with Gasteiger partial charge in [0.1, 0.15) is 6.29 Å². The number of hydrogen-bond acceptors (Lipinski definition) is 2. The summed E-state index contributed by atoms with van der Waals surface area (Å²) in [5, 5.41) is 0. The Labute approximate surface area is 60.0 Å². The van der Waals surface area contributed by atoms with E-state index in [0.29, 0.717) is 6.54 Å². The second-order valence-electron chi connectivity index (χ2n) is 2.17. The third kappa shape index (κ3) is 0.923. The molecule has 0 aromatic rings. The first kappa shape index (κ1) is 6.93. The second-order valence-corrected chi connectivity index (χ2v) is 2.17. The van der Waals surface area contributed by atoms with Crippen LogP contribution in [0.15, 0.2) is 28.8 Å². The smallest absolute Gasteiger partial charge is 0.148 e. The lowest BCUT2D eigenvalue weighted by Crippen LogP contribution is -1.92. The fraction of sp³-hybridized carbons (Fsp3) is 0.250. The Morgan fingerprint density at radius 2 is 2.40 bits per heavy atom. The van der Waals surface area contributed by atoms with Gasteiger partial charge < -0.3 is 0 Å². The number of aliphatic imine (C=N–C) groups is 1. The molecule has 0 atom stereocenters. The van der Waals surface area contributed by atoms with E-state index >= 15 is 0 Å². The van der Waals surface area contributed by atoms with Crippen molar-refractivity contribution < 1.29 is 4.79 Å². The number of allylic oxidation sites excluding steroid dienone is 2. The fourth-order valence-corrected chi connectivity index (χ4v) is 0.915. The van der Waals surface area contributed by atoms with Crippen molar-refractivity contribution >= 4 is 12.0 Å². The zero-order valence-electron chi connectivity index (χ0n) is 5.92. The molecule has 10 heavy (non-hydrogen) atoms. The summed E-state index contributed by atoms with van der Waals surface area (Å²) < 4.78 is 0. The molecule has 0 N–H and O–H groups in total. The zero-order chi connectivity index (χ0) is 7.56. The maximum Gasteiger partial charge on any atom is 0.148 e. The van der Waals surface area contributed by atoms with Crippen LogP contribution < -0.4 is 0 Å². The summed E-state index contributed by atoms with van der Waals surface area (Å²) in [7, 11) is 0. The molecular weight excluding hydrogens is 126 g/mol. The summed E-state index contributed by atoms with van der Waals surface area (Å²) in [6.07, 6.45) is 2.53. The van der Waals surface area contributed by atoms with E-state index in [2.05, 4.69) is 11.6 Å². The Bertz CT molecular complexity index is 224. The molecule has 0 aromatic heterocycles. The molecule has 0 spiro atoms. The van der Waals surface area contributed by atoms with E-state index in [1.807, 2.05) is 6.92 Å². The molecule has 0 saturated heterocycles. The summed E-state index contributed by atoms with van der Waals surface area (Å²) in [4.78, 5) is 14.4. The molecule has 0 amide bonds. The molecule has 0 fully saturated rings. The third-order valence-corrected chi connectivity index (χ3v) is 1.62. The summed E-state index contributed by atoms with van der Waals surface area (Å²) in [6.45, 7) is 5.99. The molecule has 0 saturated carbocycles. The van der Waals surface area contributed by atoms with Gasteiger partial charge in [0.25, 0.3) is 0 Å². The normalized spacial score (nSPS) is 17.1. The molecule has 2 nitrogen and oxygen atoms in total.